The molecule has 0 aliphatic carbocycles. The van der Waals surface area contributed by atoms with E-state index in [-0.39, 0.29) is 17.3 Å². The number of nitro benzene ring substituents is 1. The van der Waals surface area contributed by atoms with Crippen LogP contribution in [0.15, 0.2) is 42.5 Å². The van der Waals surface area contributed by atoms with E-state index in [0.717, 1.165) is 18.2 Å². The first kappa shape index (κ1) is 19.7. The number of benzene rings is 2. The van der Waals surface area contributed by atoms with Crippen molar-refractivity contribution in [1.29, 1.82) is 0 Å². The largest absolute Gasteiger partial charge is 0.363 e. The van der Waals surface area contributed by atoms with Gasteiger partial charge in [0.25, 0.3) is 5.69 Å². The molecule has 148 valence electrons. The topological polar surface area (TPSA) is 78.7 Å². The van der Waals surface area contributed by atoms with Gasteiger partial charge in [-0.25, -0.2) is 8.78 Å². The summed E-state index contributed by atoms with van der Waals surface area (Å²) >= 11 is 0. The highest BCUT2D eigenvalue weighted by atomic mass is 19.1. The summed E-state index contributed by atoms with van der Waals surface area (Å²) in [4.78, 5) is 26.8. The van der Waals surface area contributed by atoms with Gasteiger partial charge in [0, 0.05) is 44.0 Å². The highest BCUT2D eigenvalue weighted by Crippen LogP contribution is 2.30. The monoisotopic (exact) mass is 390 g/mol. The lowest BCUT2D eigenvalue weighted by Crippen LogP contribution is -2.53. The van der Waals surface area contributed by atoms with Crippen LogP contribution in [0.2, 0.25) is 0 Å². The number of rotatable bonds is 5. The summed E-state index contributed by atoms with van der Waals surface area (Å²) in [5.41, 5.74) is 0.471. The van der Waals surface area contributed by atoms with E-state index >= 15 is 0 Å². The van der Waals surface area contributed by atoms with Gasteiger partial charge >= 0.3 is 0 Å². The number of nitro groups is 1. The van der Waals surface area contributed by atoms with Crippen LogP contribution in [0.4, 0.5) is 25.8 Å². The van der Waals surface area contributed by atoms with E-state index in [2.05, 4.69) is 5.32 Å². The third-order valence-electron chi connectivity index (χ3n) is 4.81. The Kier molecular flexibility index (Phi) is 5.84. The molecule has 1 aliphatic rings. The van der Waals surface area contributed by atoms with Gasteiger partial charge < -0.3 is 10.2 Å². The standard InChI is InChI=1S/C19H20F2N4O3/c1-13(19(26)22-16-4-2-3-14(20)11-16)23-7-9-24(10-8-23)18-12-15(21)5-6-17(18)25(27)28/h2-6,11-13H,7-10H2,1H3,(H,22,26). The lowest BCUT2D eigenvalue weighted by molar-refractivity contribution is -0.384. The van der Waals surface area contributed by atoms with Crippen molar-refractivity contribution in [3.05, 3.63) is 64.2 Å². The van der Waals surface area contributed by atoms with Crippen LogP contribution in [-0.4, -0.2) is 48.0 Å². The SMILES string of the molecule is CC(C(=O)Nc1cccc(F)c1)N1CCN(c2cc(F)ccc2[N+](=O)[O-])CC1. The lowest BCUT2D eigenvalue weighted by Gasteiger charge is -2.38. The molecule has 0 saturated carbocycles. The minimum absolute atomic E-state index is 0.147. The second-order valence-corrected chi connectivity index (χ2v) is 6.59. The molecule has 9 heteroatoms. The molecular weight excluding hydrogens is 370 g/mol. The molecule has 1 fully saturated rings. The van der Waals surface area contributed by atoms with E-state index in [1.165, 1.54) is 18.2 Å². The summed E-state index contributed by atoms with van der Waals surface area (Å²) in [7, 11) is 0. The van der Waals surface area contributed by atoms with Crippen LogP contribution in [0.5, 0.6) is 0 Å². The smallest absolute Gasteiger partial charge is 0.292 e. The molecule has 1 amide bonds. The van der Waals surface area contributed by atoms with Gasteiger partial charge in [0.15, 0.2) is 0 Å². The Morgan fingerprint density at radius 2 is 1.79 bits per heavy atom. The van der Waals surface area contributed by atoms with Crippen molar-refractivity contribution < 1.29 is 18.5 Å². The quantitative estimate of drug-likeness (QED) is 0.627. The second-order valence-electron chi connectivity index (χ2n) is 6.59. The molecule has 1 unspecified atom stereocenters. The van der Waals surface area contributed by atoms with E-state index in [1.807, 2.05) is 4.90 Å². The molecule has 0 spiro atoms. The van der Waals surface area contributed by atoms with Crippen LogP contribution in [-0.2, 0) is 4.79 Å². The van der Waals surface area contributed by atoms with E-state index in [1.54, 1.807) is 17.9 Å². The molecule has 28 heavy (non-hydrogen) atoms. The maximum Gasteiger partial charge on any atom is 0.292 e. The third-order valence-corrected chi connectivity index (χ3v) is 4.81. The Hall–Kier alpha value is -3.07. The zero-order valence-corrected chi connectivity index (χ0v) is 15.3. The number of nitrogens with zero attached hydrogens (tertiary/aromatic N) is 3. The zero-order chi connectivity index (χ0) is 20.3. The first-order valence-electron chi connectivity index (χ1n) is 8.84. The first-order valence-corrected chi connectivity index (χ1v) is 8.84. The van der Waals surface area contributed by atoms with E-state index in [9.17, 15) is 23.7 Å². The van der Waals surface area contributed by atoms with Crippen molar-refractivity contribution in [3.63, 3.8) is 0 Å². The fourth-order valence-corrected chi connectivity index (χ4v) is 3.23. The Balaban J connectivity index is 1.63. The van der Waals surface area contributed by atoms with Gasteiger partial charge in [-0.05, 0) is 31.2 Å². The Morgan fingerprint density at radius 3 is 2.43 bits per heavy atom. The fourth-order valence-electron chi connectivity index (χ4n) is 3.23. The first-order chi connectivity index (χ1) is 13.3. The molecule has 1 heterocycles. The van der Waals surface area contributed by atoms with Gasteiger partial charge in [0.1, 0.15) is 17.3 Å². The molecule has 1 aliphatic heterocycles. The average Bonchev–Trinajstić information content (AvgIpc) is 2.67. The number of anilines is 2. The number of halogens is 2. The highest BCUT2D eigenvalue weighted by molar-refractivity contribution is 5.94. The maximum atomic E-state index is 13.6. The molecule has 2 aromatic carbocycles. The average molecular weight is 390 g/mol. The van der Waals surface area contributed by atoms with E-state index in [0.29, 0.717) is 31.9 Å². The minimum Gasteiger partial charge on any atom is -0.363 e. The Morgan fingerprint density at radius 1 is 1.11 bits per heavy atom. The van der Waals surface area contributed by atoms with Gasteiger partial charge in [-0.3, -0.25) is 19.8 Å². The molecular formula is C19H20F2N4O3. The van der Waals surface area contributed by atoms with E-state index in [4.69, 9.17) is 0 Å². The molecule has 0 radical (unpaired) electrons. The zero-order valence-electron chi connectivity index (χ0n) is 15.3. The number of carbonyl (C=O) groups is 1. The number of carbonyl (C=O) groups excluding carboxylic acids is 1. The number of nitrogens with one attached hydrogen (secondary N) is 1. The van der Waals surface area contributed by atoms with Crippen LogP contribution >= 0.6 is 0 Å². The van der Waals surface area contributed by atoms with Crippen molar-refractivity contribution in [2.24, 2.45) is 0 Å². The van der Waals surface area contributed by atoms with Crippen LogP contribution in [0.25, 0.3) is 0 Å². The van der Waals surface area contributed by atoms with Gasteiger partial charge in [-0.1, -0.05) is 6.07 Å². The second kappa shape index (κ2) is 8.30. The fraction of sp³-hybridized carbons (Fsp3) is 0.316. The predicted molar refractivity (Wildman–Crippen MR) is 101 cm³/mol. The minimum atomic E-state index is -0.536. The molecule has 1 atom stereocenters. The lowest BCUT2D eigenvalue weighted by atomic mass is 10.1. The van der Waals surface area contributed by atoms with Crippen LogP contribution < -0.4 is 10.2 Å². The van der Waals surface area contributed by atoms with Crippen molar-refractivity contribution in [2.45, 2.75) is 13.0 Å². The highest BCUT2D eigenvalue weighted by Gasteiger charge is 2.28. The molecule has 7 nitrogen and oxygen atoms in total. The summed E-state index contributed by atoms with van der Waals surface area (Å²) in [6.45, 7) is 3.54. The maximum absolute atomic E-state index is 13.6. The number of piperazine rings is 1. The van der Waals surface area contributed by atoms with Crippen molar-refractivity contribution in [2.75, 3.05) is 36.4 Å². The molecule has 0 aromatic heterocycles. The summed E-state index contributed by atoms with van der Waals surface area (Å²) in [6.07, 6.45) is 0. The molecule has 1 N–H and O–H groups in total. The molecule has 3 rings (SSSR count). The number of amides is 1. The van der Waals surface area contributed by atoms with Crippen LogP contribution in [0.1, 0.15) is 6.92 Å². The molecule has 2 aromatic rings. The Labute approximate surface area is 160 Å². The van der Waals surface area contributed by atoms with Crippen LogP contribution in [0.3, 0.4) is 0 Å². The number of hydrogen-bond acceptors (Lipinski definition) is 5. The van der Waals surface area contributed by atoms with Gasteiger partial charge in [-0.2, -0.15) is 0 Å². The summed E-state index contributed by atoms with van der Waals surface area (Å²) < 4.78 is 26.8. The van der Waals surface area contributed by atoms with Crippen molar-refractivity contribution in [1.82, 2.24) is 4.90 Å². The third kappa shape index (κ3) is 4.42. The predicted octanol–water partition coefficient (Wildman–Crippen LogP) is 3.02. The van der Waals surface area contributed by atoms with Gasteiger partial charge in [0.2, 0.25) is 5.91 Å². The summed E-state index contributed by atoms with van der Waals surface area (Å²) in [5, 5.41) is 13.9. The van der Waals surface area contributed by atoms with E-state index < -0.39 is 22.6 Å². The number of hydrogen-bond donors (Lipinski definition) is 1. The normalized spacial score (nSPS) is 15.9. The van der Waals surface area contributed by atoms with Crippen molar-refractivity contribution >= 4 is 23.0 Å². The van der Waals surface area contributed by atoms with Gasteiger partial charge in [0.05, 0.1) is 11.0 Å². The van der Waals surface area contributed by atoms with Crippen molar-refractivity contribution in [3.8, 4) is 0 Å². The summed E-state index contributed by atoms with van der Waals surface area (Å²) in [5.74, 6) is -1.24. The summed E-state index contributed by atoms with van der Waals surface area (Å²) in [6, 6.07) is 8.58. The Bertz CT molecular complexity index is 885. The molecule has 1 saturated heterocycles. The van der Waals surface area contributed by atoms with Crippen LogP contribution in [0, 0.1) is 21.7 Å². The van der Waals surface area contributed by atoms with Gasteiger partial charge in [-0.15, -0.1) is 0 Å². The molecule has 0 bridgehead atoms.